The Morgan fingerprint density at radius 1 is 0.973 bits per heavy atom. The van der Waals surface area contributed by atoms with Gasteiger partial charge in [-0.2, -0.15) is 18.0 Å². The van der Waals surface area contributed by atoms with Gasteiger partial charge in [0.1, 0.15) is 0 Å². The van der Waals surface area contributed by atoms with E-state index in [4.69, 9.17) is 4.74 Å². The molecule has 1 aromatic heterocycles. The first-order chi connectivity index (χ1) is 17.7. The molecule has 0 radical (unpaired) electrons. The third-order valence-electron chi connectivity index (χ3n) is 5.58. The van der Waals surface area contributed by atoms with Crippen LogP contribution in [0.15, 0.2) is 77.7 Å². The number of nitrogens with zero attached hydrogens (tertiary/aromatic N) is 4. The molecule has 0 aliphatic heterocycles. The quantitative estimate of drug-likeness (QED) is 0.310. The molecule has 0 fully saturated rings. The first kappa shape index (κ1) is 26.5. The van der Waals surface area contributed by atoms with Crippen molar-refractivity contribution in [3.8, 4) is 11.4 Å². The molecule has 4 rings (SSSR count). The molecule has 0 aliphatic carbocycles. The molecule has 0 saturated carbocycles. The molecule has 194 valence electrons. The Hall–Kier alpha value is -3.61. The van der Waals surface area contributed by atoms with Gasteiger partial charge in [0.2, 0.25) is 15.8 Å². The Bertz CT molecular complexity index is 1440. The van der Waals surface area contributed by atoms with Gasteiger partial charge in [-0.3, -0.25) is 0 Å². The van der Waals surface area contributed by atoms with E-state index in [1.165, 1.54) is 36.1 Å². The fourth-order valence-electron chi connectivity index (χ4n) is 3.59. The van der Waals surface area contributed by atoms with E-state index in [0.29, 0.717) is 36.4 Å². The Labute approximate surface area is 212 Å². The van der Waals surface area contributed by atoms with E-state index >= 15 is 0 Å². The minimum atomic E-state index is -4.43. The molecule has 0 bridgehead atoms. The van der Waals surface area contributed by atoms with E-state index < -0.39 is 21.8 Å². The Kier molecular flexibility index (Phi) is 8.00. The van der Waals surface area contributed by atoms with Crippen molar-refractivity contribution in [2.45, 2.75) is 30.6 Å². The van der Waals surface area contributed by atoms with E-state index in [9.17, 15) is 21.6 Å². The number of aromatic nitrogens is 4. The summed E-state index contributed by atoms with van der Waals surface area (Å²) in [4.78, 5) is 1.35. The number of benzene rings is 3. The van der Waals surface area contributed by atoms with Crippen molar-refractivity contribution in [2.24, 2.45) is 0 Å². The van der Waals surface area contributed by atoms with Crippen molar-refractivity contribution in [1.29, 1.82) is 0 Å². The normalized spacial score (nSPS) is 12.1. The van der Waals surface area contributed by atoms with Gasteiger partial charge in [0, 0.05) is 5.56 Å². The number of alkyl halides is 3. The fourth-order valence-corrected chi connectivity index (χ4v) is 4.35. The van der Waals surface area contributed by atoms with Gasteiger partial charge in [-0.1, -0.05) is 48.5 Å². The number of tetrazole rings is 1. The number of halogens is 3. The molecule has 37 heavy (non-hydrogen) atoms. The molecule has 3 aromatic carbocycles. The lowest BCUT2D eigenvalue weighted by Crippen LogP contribution is -2.18. The van der Waals surface area contributed by atoms with Crippen LogP contribution >= 0.6 is 0 Å². The third kappa shape index (κ3) is 6.79. The Morgan fingerprint density at radius 3 is 2.38 bits per heavy atom. The molecule has 0 unspecified atom stereocenters. The molecule has 8 nitrogen and oxygen atoms in total. The number of hydrogen-bond acceptors (Lipinski definition) is 6. The highest BCUT2D eigenvalue weighted by Crippen LogP contribution is 2.30. The van der Waals surface area contributed by atoms with Crippen LogP contribution in [0.1, 0.15) is 22.3 Å². The number of rotatable bonds is 10. The second-order valence-corrected chi connectivity index (χ2v) is 10.0. The van der Waals surface area contributed by atoms with Gasteiger partial charge in [-0.25, -0.2) is 13.1 Å². The molecular weight excluding hydrogens is 507 g/mol. The van der Waals surface area contributed by atoms with Gasteiger partial charge < -0.3 is 4.74 Å². The SMILES string of the molecule is CNS(=O)(=O)c1ccc(Cc2ccc(C(F)(F)F)cc2)c(-c2nnn(CCOCc3ccccc3)n2)c1. The zero-order chi connectivity index (χ0) is 26.5. The predicted octanol–water partition coefficient (Wildman–Crippen LogP) is 4.07. The second-order valence-electron chi connectivity index (χ2n) is 8.15. The van der Waals surface area contributed by atoms with Gasteiger partial charge in [0.05, 0.1) is 30.2 Å². The average Bonchev–Trinajstić information content (AvgIpc) is 3.36. The number of ether oxygens (including phenoxy) is 1. The van der Waals surface area contributed by atoms with Crippen LogP contribution in [0.4, 0.5) is 13.2 Å². The van der Waals surface area contributed by atoms with Gasteiger partial charge in [-0.15, -0.1) is 10.2 Å². The molecule has 12 heteroatoms. The zero-order valence-electron chi connectivity index (χ0n) is 19.8. The smallest absolute Gasteiger partial charge is 0.375 e. The lowest BCUT2D eigenvalue weighted by atomic mass is 9.98. The van der Waals surface area contributed by atoms with E-state index in [2.05, 4.69) is 20.1 Å². The summed E-state index contributed by atoms with van der Waals surface area (Å²) in [7, 11) is -2.45. The minimum Gasteiger partial charge on any atom is -0.375 e. The van der Waals surface area contributed by atoms with E-state index in [-0.39, 0.29) is 17.1 Å². The zero-order valence-corrected chi connectivity index (χ0v) is 20.6. The van der Waals surface area contributed by atoms with Gasteiger partial charge in [-0.05, 0) is 59.6 Å². The molecule has 0 amide bonds. The second kappa shape index (κ2) is 11.2. The summed E-state index contributed by atoms with van der Waals surface area (Å²) in [6.07, 6.45) is -4.19. The van der Waals surface area contributed by atoms with Crippen molar-refractivity contribution in [3.05, 3.63) is 95.1 Å². The number of sulfonamides is 1. The summed E-state index contributed by atoms with van der Waals surface area (Å²) < 4.78 is 71.5. The summed E-state index contributed by atoms with van der Waals surface area (Å²) in [5.74, 6) is 0.193. The standard InChI is InChI=1S/C25H24F3N5O3S/c1-29-37(34,35)22-12-9-20(15-18-7-10-21(11-8-18)25(26,27)28)23(16-22)24-30-32-33(31-24)13-14-36-17-19-5-3-2-4-6-19/h2-12,16,29H,13-15,17H2,1H3. The topological polar surface area (TPSA) is 99.0 Å². The maximum Gasteiger partial charge on any atom is 0.416 e. The predicted molar refractivity (Wildman–Crippen MR) is 130 cm³/mol. The Balaban J connectivity index is 1.55. The molecule has 4 aromatic rings. The highest BCUT2D eigenvalue weighted by molar-refractivity contribution is 7.89. The van der Waals surface area contributed by atoms with Crippen molar-refractivity contribution in [2.75, 3.05) is 13.7 Å². The van der Waals surface area contributed by atoms with Crippen LogP contribution in [0.2, 0.25) is 0 Å². The van der Waals surface area contributed by atoms with E-state index in [1.54, 1.807) is 6.07 Å². The molecule has 0 saturated heterocycles. The van der Waals surface area contributed by atoms with Crippen LogP contribution < -0.4 is 4.72 Å². The van der Waals surface area contributed by atoms with Gasteiger partial charge >= 0.3 is 6.18 Å². The maximum absolute atomic E-state index is 12.9. The summed E-state index contributed by atoms with van der Waals surface area (Å²) in [6, 6.07) is 18.9. The van der Waals surface area contributed by atoms with Crippen molar-refractivity contribution in [1.82, 2.24) is 24.9 Å². The third-order valence-corrected chi connectivity index (χ3v) is 6.99. The average molecular weight is 532 g/mol. The fraction of sp³-hybridized carbons (Fsp3) is 0.240. The number of hydrogen-bond donors (Lipinski definition) is 1. The van der Waals surface area contributed by atoms with Gasteiger partial charge in [0.25, 0.3) is 0 Å². The van der Waals surface area contributed by atoms with E-state index in [1.807, 2.05) is 30.3 Å². The summed E-state index contributed by atoms with van der Waals surface area (Å²) >= 11 is 0. The molecule has 0 aliphatic rings. The minimum absolute atomic E-state index is 0.00344. The molecule has 1 heterocycles. The highest BCUT2D eigenvalue weighted by Gasteiger charge is 2.30. The molecule has 0 spiro atoms. The summed E-state index contributed by atoms with van der Waals surface area (Å²) in [5, 5.41) is 12.5. The van der Waals surface area contributed by atoms with Crippen molar-refractivity contribution < 1.29 is 26.3 Å². The molecular formula is C25H24F3N5O3S. The lowest BCUT2D eigenvalue weighted by Gasteiger charge is -2.11. The van der Waals surface area contributed by atoms with Crippen LogP contribution in [-0.2, 0) is 40.5 Å². The monoisotopic (exact) mass is 531 g/mol. The van der Waals surface area contributed by atoms with Gasteiger partial charge in [0.15, 0.2) is 0 Å². The van der Waals surface area contributed by atoms with E-state index in [0.717, 1.165) is 17.7 Å². The summed E-state index contributed by atoms with van der Waals surface area (Å²) in [5.41, 5.74) is 1.94. The first-order valence-corrected chi connectivity index (χ1v) is 12.8. The Morgan fingerprint density at radius 2 is 1.70 bits per heavy atom. The first-order valence-electron chi connectivity index (χ1n) is 11.3. The number of nitrogens with one attached hydrogen (secondary N) is 1. The molecule has 0 atom stereocenters. The molecule has 1 N–H and O–H groups in total. The van der Waals surface area contributed by atoms with Crippen LogP contribution in [-0.4, -0.2) is 42.3 Å². The summed E-state index contributed by atoms with van der Waals surface area (Å²) in [6.45, 7) is 1.09. The maximum atomic E-state index is 12.9. The largest absolute Gasteiger partial charge is 0.416 e. The van der Waals surface area contributed by atoms with Crippen molar-refractivity contribution >= 4 is 10.0 Å². The van der Waals surface area contributed by atoms with Crippen LogP contribution in [0, 0.1) is 0 Å². The van der Waals surface area contributed by atoms with Crippen LogP contribution in [0.5, 0.6) is 0 Å². The van der Waals surface area contributed by atoms with Crippen LogP contribution in [0.3, 0.4) is 0 Å². The highest BCUT2D eigenvalue weighted by atomic mass is 32.2. The van der Waals surface area contributed by atoms with Crippen molar-refractivity contribution in [3.63, 3.8) is 0 Å². The lowest BCUT2D eigenvalue weighted by molar-refractivity contribution is -0.137. The van der Waals surface area contributed by atoms with Crippen LogP contribution in [0.25, 0.3) is 11.4 Å².